The van der Waals surface area contributed by atoms with E-state index in [0.717, 1.165) is 28.0 Å². The second-order valence-electron chi connectivity index (χ2n) is 10.8. The topological polar surface area (TPSA) is 69.7 Å². The lowest BCUT2D eigenvalue weighted by atomic mass is 9.77. The minimum absolute atomic E-state index is 0.0878. The number of nitrogens with one attached hydrogen (secondary N) is 1. The normalized spacial score (nSPS) is 27.9. The second-order valence-corrected chi connectivity index (χ2v) is 12.0. The van der Waals surface area contributed by atoms with Gasteiger partial charge in [-0.2, -0.15) is 0 Å². The fraction of sp³-hybridized carbons (Fsp3) is 0.679. The molecule has 5 heterocycles. The van der Waals surface area contributed by atoms with Crippen LogP contribution in [0.5, 0.6) is 0 Å². The maximum Gasteiger partial charge on any atom is 0.255 e. The lowest BCUT2D eigenvalue weighted by Gasteiger charge is -2.45. The fourth-order valence-electron chi connectivity index (χ4n) is 6.50. The number of piperidine rings is 4. The molecular weight excluding hydrogens is 458 g/mol. The van der Waals surface area contributed by atoms with Crippen LogP contribution in [0, 0.1) is 11.8 Å². The summed E-state index contributed by atoms with van der Waals surface area (Å²) in [5, 5.41) is 2.38. The van der Waals surface area contributed by atoms with Crippen molar-refractivity contribution in [2.75, 3.05) is 25.4 Å². The van der Waals surface area contributed by atoms with Gasteiger partial charge in [0, 0.05) is 30.0 Å². The zero-order valence-electron chi connectivity index (χ0n) is 20.8. The van der Waals surface area contributed by atoms with Gasteiger partial charge >= 0.3 is 0 Å². The first kappa shape index (κ1) is 24.8. The molecule has 0 aromatic heterocycles. The molecule has 1 aromatic carbocycles. The van der Waals surface area contributed by atoms with Crippen LogP contribution in [0.3, 0.4) is 0 Å². The molecule has 7 heteroatoms. The number of rotatable bonds is 11. The Labute approximate surface area is 213 Å². The Morgan fingerprint density at radius 2 is 1.71 bits per heavy atom. The predicted octanol–water partition coefficient (Wildman–Crippen LogP) is 4.61. The van der Waals surface area contributed by atoms with Gasteiger partial charge in [0.05, 0.1) is 0 Å². The zero-order valence-corrected chi connectivity index (χ0v) is 21.6. The van der Waals surface area contributed by atoms with E-state index in [1.54, 1.807) is 4.90 Å². The fourth-order valence-corrected chi connectivity index (χ4v) is 7.60. The molecule has 35 heavy (non-hydrogen) atoms. The van der Waals surface area contributed by atoms with Crippen molar-refractivity contribution in [2.24, 2.45) is 11.8 Å². The lowest BCUT2D eigenvalue weighted by molar-refractivity contribution is -0.136. The first-order chi connectivity index (χ1) is 17.1. The maximum absolute atomic E-state index is 13.0. The highest BCUT2D eigenvalue weighted by Gasteiger charge is 2.39. The summed E-state index contributed by atoms with van der Waals surface area (Å²) < 4.78 is 0. The summed E-state index contributed by atoms with van der Waals surface area (Å²) in [5.41, 5.74) is 1.75. The first-order valence-corrected chi connectivity index (χ1v) is 14.7. The Balaban J connectivity index is 0.995. The van der Waals surface area contributed by atoms with Crippen LogP contribution in [0.2, 0.25) is 0 Å². The highest BCUT2D eigenvalue weighted by molar-refractivity contribution is 7.99. The van der Waals surface area contributed by atoms with Gasteiger partial charge in [-0.1, -0.05) is 38.2 Å². The average molecular weight is 498 g/mol. The molecule has 0 radical (unpaired) electrons. The number of unbranched alkanes of at least 4 members (excludes halogenated alkanes) is 5. The maximum atomic E-state index is 13.0. The van der Waals surface area contributed by atoms with Gasteiger partial charge in [-0.15, -0.1) is 11.8 Å². The van der Waals surface area contributed by atoms with Crippen molar-refractivity contribution in [3.63, 3.8) is 0 Å². The monoisotopic (exact) mass is 497 g/mol. The van der Waals surface area contributed by atoms with Gasteiger partial charge in [0.2, 0.25) is 11.8 Å². The van der Waals surface area contributed by atoms with E-state index in [9.17, 15) is 14.4 Å². The molecule has 2 bridgehead atoms. The Morgan fingerprint density at radius 1 is 0.943 bits per heavy atom. The Bertz CT molecular complexity index is 943. The quantitative estimate of drug-likeness (QED) is 0.275. The summed E-state index contributed by atoms with van der Waals surface area (Å²) in [6, 6.07) is 5.36. The molecule has 0 aliphatic carbocycles. The Hall–Kier alpha value is -1.86. The van der Waals surface area contributed by atoms with E-state index in [0.29, 0.717) is 18.5 Å². The van der Waals surface area contributed by atoms with Gasteiger partial charge in [0.25, 0.3) is 5.91 Å². The van der Waals surface area contributed by atoms with Crippen LogP contribution < -0.4 is 5.32 Å². The number of hydrogen-bond donors (Lipinski definition) is 1. The summed E-state index contributed by atoms with van der Waals surface area (Å²) in [6.07, 6.45) is 12.9. The van der Waals surface area contributed by atoms with Gasteiger partial charge < -0.3 is 9.80 Å². The van der Waals surface area contributed by atoms with Gasteiger partial charge in [0.1, 0.15) is 6.04 Å². The smallest absolute Gasteiger partial charge is 0.255 e. The average Bonchev–Trinajstić information content (AvgIpc) is 3.20. The number of amides is 3. The highest BCUT2D eigenvalue weighted by Crippen LogP contribution is 2.36. The largest absolute Gasteiger partial charge is 0.322 e. The van der Waals surface area contributed by atoms with Crippen LogP contribution in [0.4, 0.5) is 0 Å². The van der Waals surface area contributed by atoms with Crippen molar-refractivity contribution < 1.29 is 14.4 Å². The molecule has 3 amide bonds. The van der Waals surface area contributed by atoms with E-state index in [2.05, 4.69) is 16.3 Å². The van der Waals surface area contributed by atoms with Gasteiger partial charge in [-0.3, -0.25) is 19.7 Å². The minimum atomic E-state index is -0.545. The number of carbonyl (C=O) groups excluding carboxylic acids is 3. The molecule has 4 saturated heterocycles. The van der Waals surface area contributed by atoms with Crippen molar-refractivity contribution in [2.45, 2.75) is 88.1 Å². The van der Waals surface area contributed by atoms with Gasteiger partial charge in [-0.05, 0) is 80.5 Å². The third-order valence-electron chi connectivity index (χ3n) is 8.56. The molecule has 5 aliphatic heterocycles. The van der Waals surface area contributed by atoms with Crippen molar-refractivity contribution in [3.05, 3.63) is 29.3 Å². The molecule has 0 spiro atoms. The van der Waals surface area contributed by atoms with E-state index in [1.807, 2.05) is 23.9 Å². The minimum Gasteiger partial charge on any atom is -0.322 e. The van der Waals surface area contributed by atoms with Gasteiger partial charge in [0.15, 0.2) is 0 Å². The zero-order chi connectivity index (χ0) is 24.2. The molecule has 6 rings (SSSR count). The van der Waals surface area contributed by atoms with Crippen LogP contribution in [0.25, 0.3) is 0 Å². The number of hydrogen-bond acceptors (Lipinski definition) is 5. The number of imide groups is 1. The van der Waals surface area contributed by atoms with Crippen molar-refractivity contribution in [3.8, 4) is 0 Å². The second kappa shape index (κ2) is 11.5. The number of nitrogens with zero attached hydrogens (tertiary/aromatic N) is 2. The molecule has 1 aromatic rings. The SMILES string of the molecule is O=C1CCC(N2Cc3c(SCCCCCCCC[C@@H]4CN5CCC4CC5)cccc3C2=O)C(=O)N1. The van der Waals surface area contributed by atoms with Crippen LogP contribution >= 0.6 is 11.8 Å². The van der Waals surface area contributed by atoms with Gasteiger partial charge in [-0.25, -0.2) is 0 Å². The molecule has 1 N–H and O–H groups in total. The van der Waals surface area contributed by atoms with E-state index in [-0.39, 0.29) is 24.1 Å². The lowest BCUT2D eigenvalue weighted by Crippen LogP contribution is -2.52. The number of carbonyl (C=O) groups is 3. The van der Waals surface area contributed by atoms with E-state index in [1.165, 1.54) is 77.4 Å². The molecule has 1 unspecified atom stereocenters. The van der Waals surface area contributed by atoms with Crippen LogP contribution in [-0.2, 0) is 16.1 Å². The van der Waals surface area contributed by atoms with E-state index in [4.69, 9.17) is 0 Å². The summed E-state index contributed by atoms with van der Waals surface area (Å²) >= 11 is 1.83. The number of fused-ring (bicyclic) bond motifs is 4. The van der Waals surface area contributed by atoms with E-state index < -0.39 is 6.04 Å². The number of thioether (sulfide) groups is 1. The summed E-state index contributed by atoms with van der Waals surface area (Å²) in [4.78, 5) is 42.2. The molecule has 2 atom stereocenters. The number of benzene rings is 1. The van der Waals surface area contributed by atoms with E-state index >= 15 is 0 Å². The molecular formula is C28H39N3O3S. The summed E-state index contributed by atoms with van der Waals surface area (Å²) in [7, 11) is 0. The first-order valence-electron chi connectivity index (χ1n) is 13.7. The third kappa shape index (κ3) is 5.77. The Morgan fingerprint density at radius 3 is 2.46 bits per heavy atom. The Kier molecular flexibility index (Phi) is 8.13. The molecule has 5 aliphatic rings. The summed E-state index contributed by atoms with van der Waals surface area (Å²) in [6.45, 7) is 4.52. The molecule has 0 saturated carbocycles. The van der Waals surface area contributed by atoms with Crippen molar-refractivity contribution >= 4 is 29.5 Å². The van der Waals surface area contributed by atoms with Crippen LogP contribution in [0.1, 0.15) is 86.6 Å². The molecule has 4 fully saturated rings. The van der Waals surface area contributed by atoms with Crippen LogP contribution in [-0.4, -0.2) is 59.0 Å². The van der Waals surface area contributed by atoms with Crippen molar-refractivity contribution in [1.82, 2.24) is 15.1 Å². The molecule has 6 nitrogen and oxygen atoms in total. The standard InChI is InChI=1S/C28H39N3O3S/c32-26-12-11-24(27(33)29-26)31-19-23-22(28(31)34)9-7-10-25(23)35-17-6-4-2-1-3-5-8-21-18-30-15-13-20(21)14-16-30/h7,9-10,20-21,24H,1-6,8,11-19H2,(H,29,32,33)/t21-,24?/m1/s1. The highest BCUT2D eigenvalue weighted by atomic mass is 32.2. The third-order valence-corrected chi connectivity index (χ3v) is 9.74. The predicted molar refractivity (Wildman–Crippen MR) is 138 cm³/mol. The summed E-state index contributed by atoms with van der Waals surface area (Å²) in [5.74, 6) is 2.36. The van der Waals surface area contributed by atoms with Crippen LogP contribution in [0.15, 0.2) is 23.1 Å². The van der Waals surface area contributed by atoms with Crippen molar-refractivity contribution in [1.29, 1.82) is 0 Å². The molecule has 190 valence electrons.